The lowest BCUT2D eigenvalue weighted by Crippen LogP contribution is -2.44. The molecule has 1 saturated carbocycles. The molecule has 10 nitrogen and oxygen atoms in total. The van der Waals surface area contributed by atoms with Crippen LogP contribution < -0.4 is 10.6 Å². The van der Waals surface area contributed by atoms with Gasteiger partial charge in [-0.1, -0.05) is 68.2 Å². The van der Waals surface area contributed by atoms with Crippen LogP contribution in [0.5, 0.6) is 0 Å². The molecule has 2 N–H and O–H groups in total. The van der Waals surface area contributed by atoms with Crippen molar-refractivity contribution in [1.82, 2.24) is 10.6 Å². The molecule has 0 aromatic rings. The van der Waals surface area contributed by atoms with Crippen LogP contribution in [0, 0.1) is 22.7 Å². The molecule has 1 aliphatic carbocycles. The molecule has 1 fully saturated rings. The first-order valence-corrected chi connectivity index (χ1v) is 16.7. The molecule has 2 atom stereocenters. The number of nitrogens with one attached hydrogen (secondary N) is 2. The van der Waals surface area contributed by atoms with Gasteiger partial charge in [0.1, 0.15) is 12.1 Å². The SMILES string of the molecule is CCCCOC(=O)C(CC(=O)OCC1CCC(COC(=O)CC(NCC(C)(C)C)C(=O)OCCCC)CC1)NCC(C)(C)C. The van der Waals surface area contributed by atoms with E-state index in [1.54, 1.807) is 0 Å². The summed E-state index contributed by atoms with van der Waals surface area (Å²) < 4.78 is 21.9. The Balaban J connectivity index is 2.47. The van der Waals surface area contributed by atoms with Crippen molar-refractivity contribution >= 4 is 23.9 Å². The topological polar surface area (TPSA) is 129 Å². The minimum atomic E-state index is -0.731. The van der Waals surface area contributed by atoms with Crippen molar-refractivity contribution in [1.29, 1.82) is 0 Å². The zero-order valence-corrected chi connectivity index (χ0v) is 28.9. The Morgan fingerprint density at radius 3 is 1.25 bits per heavy atom. The molecule has 44 heavy (non-hydrogen) atoms. The minimum Gasteiger partial charge on any atom is -0.465 e. The van der Waals surface area contributed by atoms with Crippen molar-refractivity contribution in [3.05, 3.63) is 0 Å². The number of carbonyl (C=O) groups is 4. The maximum absolute atomic E-state index is 12.6. The second kappa shape index (κ2) is 20.8. The number of hydrogen-bond donors (Lipinski definition) is 2. The normalized spacial score (nSPS) is 18.6. The maximum Gasteiger partial charge on any atom is 0.323 e. The van der Waals surface area contributed by atoms with Crippen LogP contribution >= 0.6 is 0 Å². The third kappa shape index (κ3) is 19.2. The van der Waals surface area contributed by atoms with Crippen LogP contribution in [0.15, 0.2) is 0 Å². The van der Waals surface area contributed by atoms with E-state index in [4.69, 9.17) is 18.9 Å². The van der Waals surface area contributed by atoms with Gasteiger partial charge in [-0.3, -0.25) is 19.2 Å². The van der Waals surface area contributed by atoms with E-state index in [9.17, 15) is 19.2 Å². The van der Waals surface area contributed by atoms with E-state index in [1.165, 1.54) is 0 Å². The number of hydrogen-bond acceptors (Lipinski definition) is 10. The van der Waals surface area contributed by atoms with Crippen LogP contribution in [0.1, 0.15) is 120 Å². The van der Waals surface area contributed by atoms with Crippen molar-refractivity contribution in [3.63, 3.8) is 0 Å². The van der Waals surface area contributed by atoms with Gasteiger partial charge in [-0.25, -0.2) is 0 Å². The van der Waals surface area contributed by atoms with E-state index in [0.29, 0.717) is 39.5 Å². The lowest BCUT2D eigenvalue weighted by molar-refractivity contribution is -0.154. The van der Waals surface area contributed by atoms with Crippen molar-refractivity contribution in [3.8, 4) is 0 Å². The van der Waals surface area contributed by atoms with E-state index in [-0.39, 0.29) is 35.5 Å². The lowest BCUT2D eigenvalue weighted by Gasteiger charge is -2.28. The van der Waals surface area contributed by atoms with Gasteiger partial charge in [-0.15, -0.1) is 0 Å². The highest BCUT2D eigenvalue weighted by Gasteiger charge is 2.29. The van der Waals surface area contributed by atoms with Gasteiger partial charge in [-0.05, 0) is 61.2 Å². The second-order valence-electron chi connectivity index (χ2n) is 14.7. The quantitative estimate of drug-likeness (QED) is 0.104. The first-order valence-electron chi connectivity index (χ1n) is 16.7. The number of unbranched alkanes of at least 4 members (excludes halogenated alkanes) is 2. The molecular weight excluding hydrogens is 564 g/mol. The molecule has 10 heteroatoms. The first-order chi connectivity index (χ1) is 20.6. The summed E-state index contributed by atoms with van der Waals surface area (Å²) in [4.78, 5) is 50.5. The fourth-order valence-electron chi connectivity index (χ4n) is 4.61. The van der Waals surface area contributed by atoms with Gasteiger partial charge >= 0.3 is 23.9 Å². The maximum atomic E-state index is 12.6. The van der Waals surface area contributed by atoms with Crippen LogP contribution in [-0.2, 0) is 38.1 Å². The van der Waals surface area contributed by atoms with Crippen LogP contribution in [-0.4, -0.2) is 75.5 Å². The molecule has 0 amide bonds. The summed E-state index contributed by atoms with van der Waals surface area (Å²) in [6, 6.07) is -1.46. The van der Waals surface area contributed by atoms with Gasteiger partial charge < -0.3 is 29.6 Å². The predicted molar refractivity (Wildman–Crippen MR) is 171 cm³/mol. The van der Waals surface area contributed by atoms with E-state index in [1.807, 2.05) is 13.8 Å². The fourth-order valence-corrected chi connectivity index (χ4v) is 4.61. The molecule has 1 aliphatic rings. The van der Waals surface area contributed by atoms with Gasteiger partial charge in [0.15, 0.2) is 0 Å². The Hall–Kier alpha value is -2.20. The molecule has 0 saturated heterocycles. The first kappa shape index (κ1) is 39.8. The average molecular weight is 627 g/mol. The van der Waals surface area contributed by atoms with E-state index in [0.717, 1.165) is 51.4 Å². The summed E-state index contributed by atoms with van der Waals surface area (Å²) in [6.45, 7) is 18.8. The van der Waals surface area contributed by atoms with Crippen LogP contribution in [0.4, 0.5) is 0 Å². The van der Waals surface area contributed by atoms with E-state index < -0.39 is 36.0 Å². The van der Waals surface area contributed by atoms with Crippen LogP contribution in [0.25, 0.3) is 0 Å². The van der Waals surface area contributed by atoms with Gasteiger partial charge in [0, 0.05) is 13.1 Å². The monoisotopic (exact) mass is 626 g/mol. The second-order valence-corrected chi connectivity index (χ2v) is 14.7. The largest absolute Gasteiger partial charge is 0.465 e. The molecule has 0 radical (unpaired) electrons. The molecule has 2 unspecified atom stereocenters. The highest BCUT2D eigenvalue weighted by Crippen LogP contribution is 2.29. The van der Waals surface area contributed by atoms with Crippen molar-refractivity contribution in [2.24, 2.45) is 22.7 Å². The molecule has 0 aliphatic heterocycles. The van der Waals surface area contributed by atoms with Crippen molar-refractivity contribution in [2.45, 2.75) is 132 Å². The Morgan fingerprint density at radius 2 is 0.955 bits per heavy atom. The van der Waals surface area contributed by atoms with Gasteiger partial charge in [0.2, 0.25) is 0 Å². The van der Waals surface area contributed by atoms with Crippen LogP contribution in [0.3, 0.4) is 0 Å². The third-order valence-electron chi connectivity index (χ3n) is 7.48. The molecule has 256 valence electrons. The third-order valence-corrected chi connectivity index (χ3v) is 7.48. The highest BCUT2D eigenvalue weighted by atomic mass is 16.5. The zero-order chi connectivity index (χ0) is 33.2. The molecule has 0 spiro atoms. The fraction of sp³-hybridized carbons (Fsp3) is 0.882. The van der Waals surface area contributed by atoms with E-state index in [2.05, 4.69) is 52.2 Å². The zero-order valence-electron chi connectivity index (χ0n) is 28.9. The van der Waals surface area contributed by atoms with Gasteiger partial charge in [-0.2, -0.15) is 0 Å². The molecular formula is C34H62N2O8. The number of ether oxygens (including phenoxy) is 4. The Bertz CT molecular complexity index is 786. The Kier molecular flexibility index (Phi) is 18.8. The Morgan fingerprint density at radius 1 is 0.614 bits per heavy atom. The predicted octanol–water partition coefficient (Wildman–Crippen LogP) is 5.35. The summed E-state index contributed by atoms with van der Waals surface area (Å²) in [6.07, 6.45) is 6.73. The summed E-state index contributed by atoms with van der Waals surface area (Å²) in [5.74, 6) is -1.20. The van der Waals surface area contributed by atoms with Gasteiger partial charge in [0.05, 0.1) is 39.3 Å². The standard InChI is InChI=1S/C34H62N2O8/c1-9-11-17-41-31(39)27(35-23-33(3,4)5)19-29(37)43-21-25-13-15-26(16-14-25)22-44-30(38)20-28(36-24-34(6,7)8)32(40)42-18-12-10-2/h25-28,35-36H,9-24H2,1-8H3. The van der Waals surface area contributed by atoms with Gasteiger partial charge in [0.25, 0.3) is 0 Å². The van der Waals surface area contributed by atoms with E-state index >= 15 is 0 Å². The molecule has 0 bridgehead atoms. The Labute approximate surface area is 266 Å². The molecule has 1 rings (SSSR count). The summed E-state index contributed by atoms with van der Waals surface area (Å²) in [7, 11) is 0. The highest BCUT2D eigenvalue weighted by molar-refractivity contribution is 5.83. The molecule has 0 heterocycles. The summed E-state index contributed by atoms with van der Waals surface area (Å²) in [5.41, 5.74) is -0.104. The minimum absolute atomic E-state index is 0.0518. The molecule has 0 aromatic heterocycles. The number of rotatable bonds is 20. The number of carbonyl (C=O) groups excluding carboxylic acids is 4. The van der Waals surface area contributed by atoms with Crippen molar-refractivity contribution < 1.29 is 38.1 Å². The lowest BCUT2D eigenvalue weighted by atomic mass is 9.83. The average Bonchev–Trinajstić information content (AvgIpc) is 2.94. The number of esters is 4. The summed E-state index contributed by atoms with van der Waals surface area (Å²) >= 11 is 0. The molecule has 0 aromatic carbocycles. The summed E-state index contributed by atoms with van der Waals surface area (Å²) in [5, 5.41) is 6.36. The van der Waals surface area contributed by atoms with Crippen molar-refractivity contribution in [2.75, 3.05) is 39.5 Å². The van der Waals surface area contributed by atoms with Crippen LogP contribution in [0.2, 0.25) is 0 Å². The smallest absolute Gasteiger partial charge is 0.323 e.